The monoisotopic (exact) mass is 689 g/mol. The highest BCUT2D eigenvalue weighted by Gasteiger charge is 2.53. The molecule has 0 fully saturated rings. The van der Waals surface area contributed by atoms with Gasteiger partial charge < -0.3 is 4.90 Å². The van der Waals surface area contributed by atoms with E-state index >= 15 is 0 Å². The van der Waals surface area contributed by atoms with Crippen LogP contribution < -0.4 is 4.90 Å². The lowest BCUT2D eigenvalue weighted by Gasteiger charge is -2.34. The molecule has 256 valence electrons. The number of hydrogen-bond donors (Lipinski definition) is 0. The van der Waals surface area contributed by atoms with E-state index in [4.69, 9.17) is 0 Å². The van der Waals surface area contributed by atoms with Crippen LogP contribution in [0, 0.1) is 0 Å². The molecule has 0 amide bonds. The molecule has 0 saturated heterocycles. The van der Waals surface area contributed by atoms with Crippen LogP contribution in [-0.2, 0) is 10.8 Å². The van der Waals surface area contributed by atoms with E-state index in [0.717, 1.165) is 11.4 Å². The van der Waals surface area contributed by atoms with E-state index in [9.17, 15) is 0 Å². The highest BCUT2D eigenvalue weighted by atomic mass is 15.1. The second-order valence-electron chi connectivity index (χ2n) is 16.0. The van der Waals surface area contributed by atoms with Crippen LogP contribution in [-0.4, -0.2) is 0 Å². The summed E-state index contributed by atoms with van der Waals surface area (Å²) in [5.74, 6) is 0. The van der Waals surface area contributed by atoms with Gasteiger partial charge in [0, 0.05) is 16.8 Å². The molecule has 2 aliphatic carbocycles. The molecule has 11 rings (SSSR count). The number of fused-ring (bicyclic) bond motifs is 17. The van der Waals surface area contributed by atoms with Crippen molar-refractivity contribution in [2.24, 2.45) is 0 Å². The number of benzene rings is 9. The summed E-state index contributed by atoms with van der Waals surface area (Å²) < 4.78 is 0. The largest absolute Gasteiger partial charge is 0.310 e. The minimum atomic E-state index is -0.529. The Kier molecular flexibility index (Phi) is 6.50. The SMILES string of the molecule is CC(C)(C)c1ccc(N(c2ccccc2)c2cc3c(c4ccccc24)-c2c(c4ccccc4c4ccccc24)C32c3ccccc3-c3ccccc32)cc1. The van der Waals surface area contributed by atoms with Gasteiger partial charge in [0.25, 0.3) is 0 Å². The number of rotatable bonds is 3. The van der Waals surface area contributed by atoms with Gasteiger partial charge in [-0.2, -0.15) is 0 Å². The first-order valence-electron chi connectivity index (χ1n) is 19.1. The summed E-state index contributed by atoms with van der Waals surface area (Å²) in [6.07, 6.45) is 0. The first-order valence-corrected chi connectivity index (χ1v) is 19.1. The molecule has 0 saturated carbocycles. The van der Waals surface area contributed by atoms with E-state index < -0.39 is 5.41 Å². The number of anilines is 3. The lowest BCUT2D eigenvalue weighted by atomic mass is 9.69. The third-order valence-corrected chi connectivity index (χ3v) is 12.2. The molecule has 1 nitrogen and oxygen atoms in total. The van der Waals surface area contributed by atoms with Crippen LogP contribution >= 0.6 is 0 Å². The Hall–Kier alpha value is -6.44. The molecule has 0 bridgehead atoms. The Bertz CT molecular complexity index is 2920. The van der Waals surface area contributed by atoms with Gasteiger partial charge >= 0.3 is 0 Å². The van der Waals surface area contributed by atoms with Gasteiger partial charge in [-0.3, -0.25) is 0 Å². The summed E-state index contributed by atoms with van der Waals surface area (Å²) in [5.41, 5.74) is 15.1. The van der Waals surface area contributed by atoms with Crippen molar-refractivity contribution in [3.63, 3.8) is 0 Å². The average molecular weight is 690 g/mol. The van der Waals surface area contributed by atoms with Crippen molar-refractivity contribution >= 4 is 49.4 Å². The molecule has 0 N–H and O–H groups in total. The highest BCUT2D eigenvalue weighted by Crippen LogP contribution is 2.67. The maximum atomic E-state index is 2.56. The van der Waals surface area contributed by atoms with Crippen molar-refractivity contribution < 1.29 is 0 Å². The van der Waals surface area contributed by atoms with Gasteiger partial charge in [0.05, 0.1) is 11.1 Å². The smallest absolute Gasteiger partial charge is 0.0732 e. The van der Waals surface area contributed by atoms with Gasteiger partial charge in [0.15, 0.2) is 0 Å². The Labute approximate surface area is 316 Å². The van der Waals surface area contributed by atoms with Crippen molar-refractivity contribution in [3.8, 4) is 22.3 Å². The predicted molar refractivity (Wildman–Crippen MR) is 229 cm³/mol. The number of nitrogens with zero attached hydrogens (tertiary/aromatic N) is 1. The Morgan fingerprint density at radius 3 is 1.46 bits per heavy atom. The average Bonchev–Trinajstić information content (AvgIpc) is 3.69. The van der Waals surface area contributed by atoms with Crippen molar-refractivity contribution in [2.75, 3.05) is 4.90 Å². The second kappa shape index (κ2) is 11.3. The topological polar surface area (TPSA) is 3.24 Å². The van der Waals surface area contributed by atoms with Gasteiger partial charge in [0.2, 0.25) is 0 Å². The fraction of sp³-hybridized carbons (Fsp3) is 0.0943. The maximum absolute atomic E-state index is 2.56. The van der Waals surface area contributed by atoms with Crippen molar-refractivity contribution in [1.82, 2.24) is 0 Å². The van der Waals surface area contributed by atoms with Crippen LogP contribution in [0.3, 0.4) is 0 Å². The minimum Gasteiger partial charge on any atom is -0.310 e. The molecule has 54 heavy (non-hydrogen) atoms. The van der Waals surface area contributed by atoms with Gasteiger partial charge in [0.1, 0.15) is 0 Å². The predicted octanol–water partition coefficient (Wildman–Crippen LogP) is 14.3. The van der Waals surface area contributed by atoms with Crippen LogP contribution in [0.4, 0.5) is 17.1 Å². The standard InChI is InChI=1S/C53H39N/c1-52(2,3)34-29-31-36(32-30-34)54(35-17-5-4-6-18-35)48-33-47-49(43-25-11-9-23-41(43)48)50-42-24-10-7-19-37(42)38-20-8-12-26-44(38)51(50)53(47)45-27-15-13-21-39(45)40-22-14-16-28-46(40)53/h4-33H,1-3H3. The second-order valence-corrected chi connectivity index (χ2v) is 16.0. The summed E-state index contributed by atoms with van der Waals surface area (Å²) in [7, 11) is 0. The van der Waals surface area contributed by atoms with Gasteiger partial charge in [-0.15, -0.1) is 0 Å². The zero-order valence-electron chi connectivity index (χ0n) is 30.8. The third-order valence-electron chi connectivity index (χ3n) is 12.2. The maximum Gasteiger partial charge on any atom is 0.0732 e. The lowest BCUT2D eigenvalue weighted by molar-refractivity contribution is 0.590. The number of para-hydroxylation sites is 1. The quantitative estimate of drug-likeness (QED) is 0.167. The molecule has 2 aliphatic rings. The van der Waals surface area contributed by atoms with E-state index in [0.29, 0.717) is 0 Å². The summed E-state index contributed by atoms with van der Waals surface area (Å²) in [6.45, 7) is 6.85. The van der Waals surface area contributed by atoms with Crippen LogP contribution in [0.2, 0.25) is 0 Å². The molecule has 0 aromatic heterocycles. The minimum absolute atomic E-state index is 0.0589. The zero-order valence-corrected chi connectivity index (χ0v) is 30.8. The normalized spacial score (nSPS) is 13.6. The Balaban J connectivity index is 1.35. The molecule has 9 aromatic rings. The summed E-state index contributed by atoms with van der Waals surface area (Å²) >= 11 is 0. The van der Waals surface area contributed by atoms with Crippen LogP contribution in [0.15, 0.2) is 182 Å². The zero-order chi connectivity index (χ0) is 36.2. The molecule has 1 spiro atoms. The molecule has 9 aromatic carbocycles. The van der Waals surface area contributed by atoms with E-state index in [1.807, 2.05) is 0 Å². The first-order chi connectivity index (χ1) is 26.5. The molecular formula is C53H39N. The molecule has 0 heterocycles. The first kappa shape index (κ1) is 31.1. The summed E-state index contributed by atoms with van der Waals surface area (Å²) in [4.78, 5) is 2.48. The molecule has 0 aliphatic heterocycles. The third kappa shape index (κ3) is 4.10. The fourth-order valence-corrected chi connectivity index (χ4v) is 9.94. The Morgan fingerprint density at radius 1 is 0.389 bits per heavy atom. The van der Waals surface area contributed by atoms with Crippen molar-refractivity contribution in [1.29, 1.82) is 0 Å². The fourth-order valence-electron chi connectivity index (χ4n) is 9.94. The van der Waals surface area contributed by atoms with Gasteiger partial charge in [-0.25, -0.2) is 0 Å². The van der Waals surface area contributed by atoms with Gasteiger partial charge in [-0.1, -0.05) is 172 Å². The number of hydrogen-bond acceptors (Lipinski definition) is 1. The molecule has 1 heteroatoms. The molecule has 0 unspecified atom stereocenters. The van der Waals surface area contributed by atoms with Crippen LogP contribution in [0.5, 0.6) is 0 Å². The van der Waals surface area contributed by atoms with Gasteiger partial charge in [-0.05, 0) is 113 Å². The highest BCUT2D eigenvalue weighted by molar-refractivity contribution is 6.24. The molecular weight excluding hydrogens is 651 g/mol. The van der Waals surface area contributed by atoms with E-state index in [-0.39, 0.29) is 5.41 Å². The molecule has 0 radical (unpaired) electrons. The summed E-state index contributed by atoms with van der Waals surface area (Å²) in [5, 5.41) is 7.74. The van der Waals surface area contributed by atoms with Crippen molar-refractivity contribution in [3.05, 3.63) is 210 Å². The Morgan fingerprint density at radius 2 is 0.852 bits per heavy atom. The van der Waals surface area contributed by atoms with Crippen LogP contribution in [0.1, 0.15) is 48.6 Å². The van der Waals surface area contributed by atoms with Crippen molar-refractivity contribution in [2.45, 2.75) is 31.6 Å². The molecule has 0 atom stereocenters. The van der Waals surface area contributed by atoms with E-state index in [1.165, 1.54) is 88.1 Å². The lowest BCUT2D eigenvalue weighted by Crippen LogP contribution is -2.26. The van der Waals surface area contributed by atoms with Crippen LogP contribution in [0.25, 0.3) is 54.6 Å². The van der Waals surface area contributed by atoms with E-state index in [2.05, 4.69) is 208 Å². The van der Waals surface area contributed by atoms with E-state index in [1.54, 1.807) is 0 Å². The summed E-state index contributed by atoms with van der Waals surface area (Å²) in [6, 6.07) is 68.3.